The molecular weight excluding hydrogens is 278 g/mol. The fraction of sp³-hybridized carbons (Fsp3) is 0.154. The van der Waals surface area contributed by atoms with Crippen molar-refractivity contribution in [2.75, 3.05) is 17.7 Å². The summed E-state index contributed by atoms with van der Waals surface area (Å²) in [5.74, 6) is -0.830. The number of methoxy groups -OCH3 is 1. The van der Waals surface area contributed by atoms with E-state index in [2.05, 4.69) is 15.6 Å². The number of nitrogens with zero attached hydrogens (tertiary/aromatic N) is 1. The minimum Gasteiger partial charge on any atom is -0.497 e. The molecule has 0 saturated heterocycles. The van der Waals surface area contributed by atoms with E-state index >= 15 is 0 Å². The Morgan fingerprint density at radius 1 is 1.15 bits per heavy atom. The lowest BCUT2D eigenvalue weighted by atomic mass is 10.3. The van der Waals surface area contributed by atoms with E-state index in [4.69, 9.17) is 4.74 Å². The van der Waals surface area contributed by atoms with Crippen molar-refractivity contribution in [1.82, 2.24) is 4.98 Å². The summed E-state index contributed by atoms with van der Waals surface area (Å²) in [5.41, 5.74) is 1.31. The Hall–Kier alpha value is -2.41. The number of hydrogen-bond acceptors (Lipinski definition) is 5. The first-order valence-corrected chi connectivity index (χ1v) is 6.65. The summed E-state index contributed by atoms with van der Waals surface area (Å²) in [6.07, 6.45) is 0. The lowest BCUT2D eigenvalue weighted by Crippen LogP contribution is -2.29. The summed E-state index contributed by atoms with van der Waals surface area (Å²) in [7, 11) is 1.55. The number of hydrogen-bond donors (Lipinski definition) is 2. The molecule has 0 aliphatic heterocycles. The van der Waals surface area contributed by atoms with E-state index in [-0.39, 0.29) is 0 Å². The number of carbonyl (C=O) groups excluding carboxylic acids is 2. The van der Waals surface area contributed by atoms with Crippen molar-refractivity contribution in [1.29, 1.82) is 0 Å². The summed E-state index contributed by atoms with van der Waals surface area (Å²) >= 11 is 1.27. The highest BCUT2D eigenvalue weighted by Gasteiger charge is 2.15. The topological polar surface area (TPSA) is 80.3 Å². The molecule has 104 valence electrons. The number of aryl methyl sites for hydroxylation is 1. The van der Waals surface area contributed by atoms with Crippen molar-refractivity contribution < 1.29 is 14.3 Å². The Kier molecular flexibility index (Phi) is 4.31. The smallest absolute Gasteiger partial charge is 0.315 e. The summed E-state index contributed by atoms with van der Waals surface area (Å²) in [5, 5.41) is 7.12. The third-order valence-corrected chi connectivity index (χ3v) is 3.27. The first-order valence-electron chi connectivity index (χ1n) is 5.77. The average Bonchev–Trinajstić information content (AvgIpc) is 2.85. The summed E-state index contributed by atoms with van der Waals surface area (Å²) in [6.45, 7) is 1.81. The zero-order valence-corrected chi connectivity index (χ0v) is 11.8. The lowest BCUT2D eigenvalue weighted by Gasteiger charge is -2.05. The van der Waals surface area contributed by atoms with Gasteiger partial charge in [-0.3, -0.25) is 14.9 Å². The third kappa shape index (κ3) is 3.55. The highest BCUT2D eigenvalue weighted by Crippen LogP contribution is 2.16. The van der Waals surface area contributed by atoms with E-state index in [1.807, 2.05) is 6.92 Å². The molecule has 6 nitrogen and oxygen atoms in total. The number of benzene rings is 1. The van der Waals surface area contributed by atoms with Gasteiger partial charge in [0.2, 0.25) is 0 Å². The van der Waals surface area contributed by atoms with Gasteiger partial charge in [0.15, 0.2) is 5.13 Å². The second kappa shape index (κ2) is 6.16. The fourth-order valence-corrected chi connectivity index (χ4v) is 2.11. The van der Waals surface area contributed by atoms with Gasteiger partial charge in [-0.25, -0.2) is 4.98 Å². The molecule has 2 N–H and O–H groups in total. The second-order valence-electron chi connectivity index (χ2n) is 3.93. The van der Waals surface area contributed by atoms with Gasteiger partial charge in [-0.1, -0.05) is 0 Å². The van der Waals surface area contributed by atoms with Crippen LogP contribution in [0.2, 0.25) is 0 Å². The van der Waals surface area contributed by atoms with E-state index in [1.54, 1.807) is 36.8 Å². The molecule has 1 aromatic heterocycles. The van der Waals surface area contributed by atoms with Gasteiger partial charge in [0, 0.05) is 11.1 Å². The normalized spacial score (nSPS) is 9.90. The molecule has 0 saturated carbocycles. The van der Waals surface area contributed by atoms with Crippen LogP contribution in [-0.4, -0.2) is 23.9 Å². The van der Waals surface area contributed by atoms with E-state index in [9.17, 15) is 9.59 Å². The van der Waals surface area contributed by atoms with Crippen LogP contribution in [0, 0.1) is 6.92 Å². The van der Waals surface area contributed by atoms with Crippen molar-refractivity contribution >= 4 is 34.0 Å². The van der Waals surface area contributed by atoms with Crippen molar-refractivity contribution in [2.24, 2.45) is 0 Å². The SMILES string of the molecule is COc1ccc(NC(=O)C(=O)Nc2nc(C)cs2)cc1. The van der Waals surface area contributed by atoms with Gasteiger partial charge in [-0.05, 0) is 31.2 Å². The average molecular weight is 291 g/mol. The highest BCUT2D eigenvalue weighted by molar-refractivity contribution is 7.14. The van der Waals surface area contributed by atoms with Crippen LogP contribution in [0.1, 0.15) is 5.69 Å². The molecule has 0 spiro atoms. The van der Waals surface area contributed by atoms with Crippen LogP contribution >= 0.6 is 11.3 Å². The molecule has 2 aromatic rings. The van der Waals surface area contributed by atoms with Crippen molar-refractivity contribution in [3.05, 3.63) is 35.3 Å². The molecule has 1 aromatic carbocycles. The molecule has 0 bridgehead atoms. The maximum atomic E-state index is 11.7. The number of ether oxygens (including phenoxy) is 1. The standard InChI is InChI=1S/C13H13N3O3S/c1-8-7-20-13(14-8)16-12(18)11(17)15-9-3-5-10(19-2)6-4-9/h3-7H,1-2H3,(H,15,17)(H,14,16,18). The molecule has 20 heavy (non-hydrogen) atoms. The van der Waals surface area contributed by atoms with Crippen LogP contribution in [0.5, 0.6) is 5.75 Å². The Labute approximate surface area is 119 Å². The van der Waals surface area contributed by atoms with Gasteiger partial charge in [-0.2, -0.15) is 0 Å². The fourth-order valence-electron chi connectivity index (χ4n) is 1.43. The number of amides is 2. The highest BCUT2D eigenvalue weighted by atomic mass is 32.1. The molecule has 7 heteroatoms. The van der Waals surface area contributed by atoms with E-state index < -0.39 is 11.8 Å². The van der Waals surface area contributed by atoms with E-state index in [0.717, 1.165) is 5.69 Å². The Morgan fingerprint density at radius 3 is 2.35 bits per heavy atom. The molecule has 0 aliphatic carbocycles. The number of thiazole rings is 1. The maximum absolute atomic E-state index is 11.7. The second-order valence-corrected chi connectivity index (χ2v) is 4.79. The molecule has 0 atom stereocenters. The molecule has 0 radical (unpaired) electrons. The van der Waals surface area contributed by atoms with Crippen LogP contribution in [0.3, 0.4) is 0 Å². The van der Waals surface area contributed by atoms with Crippen LogP contribution in [0.4, 0.5) is 10.8 Å². The van der Waals surface area contributed by atoms with E-state index in [1.165, 1.54) is 11.3 Å². The Morgan fingerprint density at radius 2 is 1.80 bits per heavy atom. The van der Waals surface area contributed by atoms with Crippen molar-refractivity contribution in [3.63, 3.8) is 0 Å². The van der Waals surface area contributed by atoms with Crippen LogP contribution in [0.25, 0.3) is 0 Å². The minimum absolute atomic E-state index is 0.400. The quantitative estimate of drug-likeness (QED) is 0.848. The van der Waals surface area contributed by atoms with Gasteiger partial charge in [0.05, 0.1) is 12.8 Å². The van der Waals surface area contributed by atoms with Crippen LogP contribution in [0.15, 0.2) is 29.6 Å². The Bertz CT molecular complexity index is 622. The predicted octanol–water partition coefficient (Wildman–Crippen LogP) is 2.04. The number of anilines is 2. The summed E-state index contributed by atoms with van der Waals surface area (Å²) < 4.78 is 5.00. The largest absolute Gasteiger partial charge is 0.497 e. The molecule has 2 amide bonds. The number of aromatic nitrogens is 1. The lowest BCUT2D eigenvalue weighted by molar-refractivity contribution is -0.132. The Balaban J connectivity index is 1.94. The van der Waals surface area contributed by atoms with Gasteiger partial charge >= 0.3 is 11.8 Å². The molecule has 0 fully saturated rings. The van der Waals surface area contributed by atoms with Crippen LogP contribution < -0.4 is 15.4 Å². The molecule has 0 aliphatic rings. The molecule has 1 heterocycles. The third-order valence-electron chi connectivity index (χ3n) is 2.39. The zero-order valence-electron chi connectivity index (χ0n) is 11.0. The van der Waals surface area contributed by atoms with Crippen molar-refractivity contribution in [2.45, 2.75) is 6.92 Å². The minimum atomic E-state index is -0.754. The predicted molar refractivity (Wildman–Crippen MR) is 77.1 cm³/mol. The van der Waals surface area contributed by atoms with Crippen LogP contribution in [-0.2, 0) is 9.59 Å². The van der Waals surface area contributed by atoms with Gasteiger partial charge in [-0.15, -0.1) is 11.3 Å². The van der Waals surface area contributed by atoms with Gasteiger partial charge in [0.25, 0.3) is 0 Å². The molecule has 0 unspecified atom stereocenters. The molecular formula is C13H13N3O3S. The van der Waals surface area contributed by atoms with Crippen molar-refractivity contribution in [3.8, 4) is 5.75 Å². The first-order chi connectivity index (χ1) is 9.58. The van der Waals surface area contributed by atoms with Gasteiger partial charge < -0.3 is 10.1 Å². The number of nitrogens with one attached hydrogen (secondary N) is 2. The van der Waals surface area contributed by atoms with Gasteiger partial charge in [0.1, 0.15) is 5.75 Å². The zero-order chi connectivity index (χ0) is 14.5. The number of carbonyl (C=O) groups is 2. The summed E-state index contributed by atoms with van der Waals surface area (Å²) in [6, 6.07) is 6.69. The maximum Gasteiger partial charge on any atom is 0.315 e. The summed E-state index contributed by atoms with van der Waals surface area (Å²) in [4.78, 5) is 27.4. The number of rotatable bonds is 3. The van der Waals surface area contributed by atoms with E-state index in [0.29, 0.717) is 16.6 Å². The monoisotopic (exact) mass is 291 g/mol. The first kappa shape index (κ1) is 14.0. The molecule has 2 rings (SSSR count).